The van der Waals surface area contributed by atoms with Crippen molar-refractivity contribution in [2.45, 2.75) is 39.0 Å². The highest BCUT2D eigenvalue weighted by Gasteiger charge is 2.38. The number of ether oxygens (including phenoxy) is 1. The topological polar surface area (TPSA) is 55.4 Å². The van der Waals surface area contributed by atoms with Gasteiger partial charge in [-0.3, -0.25) is 4.79 Å². The van der Waals surface area contributed by atoms with Crippen molar-refractivity contribution in [1.29, 1.82) is 0 Å². The van der Waals surface area contributed by atoms with Gasteiger partial charge in [-0.05, 0) is 32.3 Å². The summed E-state index contributed by atoms with van der Waals surface area (Å²) in [6, 6.07) is 8.00. The van der Waals surface area contributed by atoms with E-state index in [1.807, 2.05) is 38.1 Å². The standard InChI is InChI=1S/C21H23NO3/c1-4-12-25-21(24)18-14(3)22-16-6-5-7-17(23)20(16)19(18)15-10-8-13(2)9-11-15/h4,8-11,19,22H,1,5-7,12H2,2-3H3. The van der Waals surface area contributed by atoms with E-state index in [0.717, 1.165) is 35.4 Å². The van der Waals surface area contributed by atoms with Gasteiger partial charge in [-0.25, -0.2) is 4.79 Å². The average Bonchev–Trinajstić information content (AvgIpc) is 2.59. The van der Waals surface area contributed by atoms with E-state index >= 15 is 0 Å². The number of hydrogen-bond donors (Lipinski definition) is 1. The second-order valence-electron chi connectivity index (χ2n) is 6.56. The summed E-state index contributed by atoms with van der Waals surface area (Å²) in [5.74, 6) is -0.664. The molecule has 4 heteroatoms. The number of rotatable bonds is 4. The lowest BCUT2D eigenvalue weighted by Crippen LogP contribution is -2.34. The molecule has 25 heavy (non-hydrogen) atoms. The Labute approximate surface area is 148 Å². The predicted octanol–water partition coefficient (Wildman–Crippen LogP) is 3.69. The third kappa shape index (κ3) is 3.29. The monoisotopic (exact) mass is 337 g/mol. The van der Waals surface area contributed by atoms with Gasteiger partial charge in [-0.15, -0.1) is 0 Å². The maximum Gasteiger partial charge on any atom is 0.337 e. The van der Waals surface area contributed by atoms with Crippen LogP contribution < -0.4 is 5.32 Å². The van der Waals surface area contributed by atoms with Crippen LogP contribution in [0.2, 0.25) is 0 Å². The molecule has 1 aliphatic heterocycles. The minimum atomic E-state index is -0.402. The molecule has 1 aliphatic carbocycles. The van der Waals surface area contributed by atoms with Crippen LogP contribution in [0.4, 0.5) is 0 Å². The molecule has 0 amide bonds. The van der Waals surface area contributed by atoms with Crippen LogP contribution in [0.5, 0.6) is 0 Å². The van der Waals surface area contributed by atoms with E-state index < -0.39 is 5.97 Å². The number of aryl methyl sites for hydroxylation is 1. The van der Waals surface area contributed by atoms with Gasteiger partial charge in [0.15, 0.2) is 5.78 Å². The number of benzene rings is 1. The van der Waals surface area contributed by atoms with Crippen LogP contribution in [0, 0.1) is 6.92 Å². The SMILES string of the molecule is C=CCOC(=O)C1=C(C)NC2=C(C(=O)CCC2)C1c1ccc(C)cc1. The Morgan fingerprint density at radius 2 is 2.00 bits per heavy atom. The molecule has 1 heterocycles. The van der Waals surface area contributed by atoms with Crippen LogP contribution in [0.25, 0.3) is 0 Å². The molecule has 0 fully saturated rings. The van der Waals surface area contributed by atoms with Gasteiger partial charge in [0.25, 0.3) is 0 Å². The second kappa shape index (κ2) is 7.09. The Kier molecular flexibility index (Phi) is 4.88. The molecule has 0 spiro atoms. The number of carbonyl (C=O) groups is 2. The van der Waals surface area contributed by atoms with Gasteiger partial charge in [-0.1, -0.05) is 42.5 Å². The first kappa shape index (κ1) is 17.2. The molecule has 1 aromatic carbocycles. The van der Waals surface area contributed by atoms with Crippen LogP contribution >= 0.6 is 0 Å². The number of carbonyl (C=O) groups excluding carboxylic acids is 2. The Morgan fingerprint density at radius 3 is 2.68 bits per heavy atom. The van der Waals surface area contributed by atoms with E-state index in [9.17, 15) is 9.59 Å². The first-order chi connectivity index (χ1) is 12.0. The lowest BCUT2D eigenvalue weighted by atomic mass is 9.75. The summed E-state index contributed by atoms with van der Waals surface area (Å²) in [5.41, 5.74) is 5.01. The highest BCUT2D eigenvalue weighted by molar-refractivity contribution is 6.03. The highest BCUT2D eigenvalue weighted by Crippen LogP contribution is 2.42. The molecule has 0 aromatic heterocycles. The molecule has 0 saturated heterocycles. The zero-order valence-corrected chi connectivity index (χ0v) is 14.7. The van der Waals surface area contributed by atoms with Gasteiger partial charge in [0.1, 0.15) is 6.61 Å². The molecule has 3 rings (SSSR count). The number of ketones is 1. The minimum Gasteiger partial charge on any atom is -0.458 e. The fourth-order valence-electron chi connectivity index (χ4n) is 3.56. The van der Waals surface area contributed by atoms with E-state index in [1.54, 1.807) is 6.08 Å². The van der Waals surface area contributed by atoms with Gasteiger partial charge < -0.3 is 10.1 Å². The van der Waals surface area contributed by atoms with Crippen molar-refractivity contribution in [2.24, 2.45) is 0 Å². The number of Topliss-reactive ketones (excluding diaryl/α,β-unsaturated/α-hetero) is 1. The quantitative estimate of drug-likeness (QED) is 0.672. The van der Waals surface area contributed by atoms with Crippen LogP contribution in [-0.2, 0) is 14.3 Å². The molecule has 1 aromatic rings. The van der Waals surface area contributed by atoms with Gasteiger partial charge in [-0.2, -0.15) is 0 Å². The van der Waals surface area contributed by atoms with Gasteiger partial charge in [0, 0.05) is 29.3 Å². The van der Waals surface area contributed by atoms with Gasteiger partial charge >= 0.3 is 5.97 Å². The summed E-state index contributed by atoms with van der Waals surface area (Å²) >= 11 is 0. The van der Waals surface area contributed by atoms with Crippen LogP contribution in [0.1, 0.15) is 43.2 Å². The molecule has 1 atom stereocenters. The molecular weight excluding hydrogens is 314 g/mol. The van der Waals surface area contributed by atoms with E-state index in [2.05, 4.69) is 11.9 Å². The first-order valence-electron chi connectivity index (χ1n) is 8.61. The Hall–Kier alpha value is -2.62. The molecule has 130 valence electrons. The van der Waals surface area contributed by atoms with Crippen molar-refractivity contribution in [3.63, 3.8) is 0 Å². The maximum absolute atomic E-state index is 12.7. The molecule has 0 bridgehead atoms. The first-order valence-corrected chi connectivity index (χ1v) is 8.61. The summed E-state index contributed by atoms with van der Waals surface area (Å²) in [5, 5.41) is 3.28. The molecule has 1 unspecified atom stereocenters. The zero-order valence-electron chi connectivity index (χ0n) is 14.7. The second-order valence-corrected chi connectivity index (χ2v) is 6.56. The van der Waals surface area contributed by atoms with Gasteiger partial charge in [0.05, 0.1) is 5.57 Å². The molecule has 1 N–H and O–H groups in total. The van der Waals surface area contributed by atoms with Crippen molar-refractivity contribution < 1.29 is 14.3 Å². The van der Waals surface area contributed by atoms with Crippen LogP contribution in [0.15, 0.2) is 59.5 Å². The zero-order chi connectivity index (χ0) is 18.0. The Bertz CT molecular complexity index is 784. The summed E-state index contributed by atoms with van der Waals surface area (Å²) in [7, 11) is 0. The molecule has 2 aliphatic rings. The number of dihydropyridines is 1. The van der Waals surface area contributed by atoms with E-state index in [-0.39, 0.29) is 18.3 Å². The highest BCUT2D eigenvalue weighted by atomic mass is 16.5. The van der Waals surface area contributed by atoms with Crippen LogP contribution in [0.3, 0.4) is 0 Å². The lowest BCUT2D eigenvalue weighted by Gasteiger charge is -2.34. The van der Waals surface area contributed by atoms with Crippen molar-refractivity contribution >= 4 is 11.8 Å². The predicted molar refractivity (Wildman–Crippen MR) is 96.8 cm³/mol. The van der Waals surface area contributed by atoms with Crippen molar-refractivity contribution in [3.8, 4) is 0 Å². The normalized spacial score (nSPS) is 20.1. The number of allylic oxidation sites excluding steroid dienone is 3. The maximum atomic E-state index is 12.7. The molecule has 4 nitrogen and oxygen atoms in total. The Morgan fingerprint density at radius 1 is 1.28 bits per heavy atom. The number of esters is 1. The smallest absolute Gasteiger partial charge is 0.337 e. The van der Waals surface area contributed by atoms with Crippen molar-refractivity contribution in [2.75, 3.05) is 6.61 Å². The minimum absolute atomic E-state index is 0.112. The fraction of sp³-hybridized carbons (Fsp3) is 0.333. The number of hydrogen-bond acceptors (Lipinski definition) is 4. The third-order valence-corrected chi connectivity index (χ3v) is 4.74. The van der Waals surface area contributed by atoms with E-state index in [4.69, 9.17) is 4.74 Å². The van der Waals surface area contributed by atoms with E-state index in [0.29, 0.717) is 17.6 Å². The summed E-state index contributed by atoms with van der Waals surface area (Å²) in [6.45, 7) is 7.62. The lowest BCUT2D eigenvalue weighted by molar-refractivity contribution is -0.138. The summed E-state index contributed by atoms with van der Waals surface area (Å²) < 4.78 is 5.30. The fourth-order valence-corrected chi connectivity index (χ4v) is 3.56. The molecular formula is C21H23NO3. The third-order valence-electron chi connectivity index (χ3n) is 4.74. The largest absolute Gasteiger partial charge is 0.458 e. The van der Waals surface area contributed by atoms with Gasteiger partial charge in [0.2, 0.25) is 0 Å². The molecule has 0 saturated carbocycles. The average molecular weight is 337 g/mol. The number of nitrogens with one attached hydrogen (secondary N) is 1. The Balaban J connectivity index is 2.11. The van der Waals surface area contributed by atoms with Crippen molar-refractivity contribution in [1.82, 2.24) is 5.32 Å². The summed E-state index contributed by atoms with van der Waals surface area (Å²) in [4.78, 5) is 25.4. The molecule has 0 radical (unpaired) electrons. The van der Waals surface area contributed by atoms with E-state index in [1.165, 1.54) is 0 Å². The van der Waals surface area contributed by atoms with Crippen LogP contribution in [-0.4, -0.2) is 18.4 Å². The summed E-state index contributed by atoms with van der Waals surface area (Å²) in [6.07, 6.45) is 3.74. The van der Waals surface area contributed by atoms with Crippen molar-refractivity contribution in [3.05, 3.63) is 70.6 Å².